The van der Waals surface area contributed by atoms with Gasteiger partial charge in [-0.05, 0) is 73.8 Å². The first-order valence-electron chi connectivity index (χ1n) is 7.85. The average Bonchev–Trinajstić information content (AvgIpc) is 2.43. The van der Waals surface area contributed by atoms with Gasteiger partial charge in [-0.15, -0.1) is 0 Å². The molecule has 5 rings (SSSR count). The molecule has 4 fully saturated rings. The summed E-state index contributed by atoms with van der Waals surface area (Å²) in [6.45, 7) is 0. The Labute approximate surface area is 120 Å². The number of hydrogen-bond acceptors (Lipinski definition) is 3. The first-order chi connectivity index (χ1) is 9.74. The van der Waals surface area contributed by atoms with Crippen LogP contribution in [0.15, 0.2) is 18.3 Å². The maximum absolute atomic E-state index is 9.71. The fourth-order valence-electron chi connectivity index (χ4n) is 5.46. The van der Waals surface area contributed by atoms with Crippen molar-refractivity contribution in [2.45, 2.75) is 38.0 Å². The third-order valence-electron chi connectivity index (χ3n) is 5.95. The highest BCUT2D eigenvalue weighted by atomic mass is 14.7. The van der Waals surface area contributed by atoms with E-state index in [0.29, 0.717) is 11.6 Å². The minimum atomic E-state index is -0.0365. The van der Waals surface area contributed by atoms with Gasteiger partial charge in [0.25, 0.3) is 0 Å². The second-order valence-corrected chi connectivity index (χ2v) is 7.13. The second kappa shape index (κ2) is 4.48. The summed E-state index contributed by atoms with van der Waals surface area (Å²) in [5, 5.41) is 9.71. The van der Waals surface area contributed by atoms with Crippen LogP contribution in [-0.2, 0) is 0 Å². The van der Waals surface area contributed by atoms with Crippen LogP contribution in [0.3, 0.4) is 0 Å². The summed E-state index contributed by atoms with van der Waals surface area (Å²) in [5.41, 5.74) is 7.32. The molecular weight excluding hydrogens is 246 g/mol. The summed E-state index contributed by atoms with van der Waals surface area (Å²) >= 11 is 0. The average molecular weight is 267 g/mol. The molecule has 1 heterocycles. The fourth-order valence-corrected chi connectivity index (χ4v) is 5.46. The van der Waals surface area contributed by atoms with Gasteiger partial charge in [-0.25, -0.2) is 0 Å². The first kappa shape index (κ1) is 12.2. The molecule has 104 valence electrons. The number of nitrogen functional groups attached to an aromatic ring is 1. The Balaban J connectivity index is 1.65. The van der Waals surface area contributed by atoms with Crippen molar-refractivity contribution in [1.29, 1.82) is 5.26 Å². The van der Waals surface area contributed by atoms with Gasteiger partial charge < -0.3 is 5.73 Å². The van der Waals surface area contributed by atoms with E-state index in [-0.39, 0.29) is 5.92 Å². The summed E-state index contributed by atoms with van der Waals surface area (Å²) in [5.74, 6) is 3.92. The molecule has 1 unspecified atom stereocenters. The number of aromatic nitrogens is 1. The third-order valence-corrected chi connectivity index (χ3v) is 5.95. The molecule has 0 aromatic carbocycles. The van der Waals surface area contributed by atoms with Gasteiger partial charge >= 0.3 is 0 Å². The molecule has 4 aliphatic carbocycles. The topological polar surface area (TPSA) is 62.7 Å². The minimum absolute atomic E-state index is 0.0365. The Morgan fingerprint density at radius 2 is 1.75 bits per heavy atom. The minimum Gasteiger partial charge on any atom is -0.397 e. The van der Waals surface area contributed by atoms with Crippen molar-refractivity contribution < 1.29 is 0 Å². The summed E-state index contributed by atoms with van der Waals surface area (Å²) in [4.78, 5) is 4.43. The van der Waals surface area contributed by atoms with E-state index in [0.717, 1.165) is 29.4 Å². The van der Waals surface area contributed by atoms with Gasteiger partial charge in [-0.2, -0.15) is 5.26 Å². The molecule has 0 amide bonds. The molecular formula is C17H21N3. The van der Waals surface area contributed by atoms with Crippen LogP contribution < -0.4 is 5.73 Å². The van der Waals surface area contributed by atoms with Gasteiger partial charge in [0.1, 0.15) is 0 Å². The molecule has 4 bridgehead atoms. The number of nitriles is 1. The largest absolute Gasteiger partial charge is 0.397 e. The van der Waals surface area contributed by atoms with Crippen LogP contribution in [-0.4, -0.2) is 4.98 Å². The number of pyridine rings is 1. The molecule has 3 heteroatoms. The van der Waals surface area contributed by atoms with Crippen LogP contribution in [0.5, 0.6) is 0 Å². The van der Waals surface area contributed by atoms with E-state index in [2.05, 4.69) is 11.1 Å². The third kappa shape index (κ3) is 1.82. The van der Waals surface area contributed by atoms with Crippen LogP contribution in [0, 0.1) is 40.9 Å². The zero-order chi connectivity index (χ0) is 13.7. The molecule has 4 aliphatic rings. The lowest BCUT2D eigenvalue weighted by molar-refractivity contribution is -0.0415. The van der Waals surface area contributed by atoms with Crippen LogP contribution in [0.2, 0.25) is 0 Å². The predicted molar refractivity (Wildman–Crippen MR) is 77.5 cm³/mol. The number of hydrogen-bond donors (Lipinski definition) is 1. The van der Waals surface area contributed by atoms with Crippen LogP contribution in [0.1, 0.15) is 43.7 Å². The molecule has 0 spiro atoms. The van der Waals surface area contributed by atoms with Gasteiger partial charge in [-0.1, -0.05) is 0 Å². The fraction of sp³-hybridized carbons (Fsp3) is 0.647. The van der Waals surface area contributed by atoms with Gasteiger partial charge in [0.15, 0.2) is 0 Å². The highest BCUT2D eigenvalue weighted by Crippen LogP contribution is 2.59. The molecule has 1 atom stereocenters. The monoisotopic (exact) mass is 267 g/mol. The van der Waals surface area contributed by atoms with Gasteiger partial charge in [0.05, 0.1) is 29.6 Å². The number of nitrogens with two attached hydrogens (primary N) is 1. The van der Waals surface area contributed by atoms with E-state index in [1.807, 2.05) is 12.1 Å². The summed E-state index contributed by atoms with van der Waals surface area (Å²) in [7, 11) is 0. The maximum Gasteiger partial charge on any atom is 0.0918 e. The van der Waals surface area contributed by atoms with Crippen molar-refractivity contribution >= 4 is 5.69 Å². The zero-order valence-electron chi connectivity index (χ0n) is 11.7. The predicted octanol–water partition coefficient (Wildman–Crippen LogP) is 3.34. The van der Waals surface area contributed by atoms with Gasteiger partial charge in [0.2, 0.25) is 0 Å². The molecule has 0 saturated heterocycles. The van der Waals surface area contributed by atoms with Crippen molar-refractivity contribution in [3.05, 3.63) is 24.0 Å². The quantitative estimate of drug-likeness (QED) is 0.893. The molecule has 0 aliphatic heterocycles. The second-order valence-electron chi connectivity index (χ2n) is 7.13. The van der Waals surface area contributed by atoms with E-state index >= 15 is 0 Å². The Kier molecular flexibility index (Phi) is 2.73. The van der Waals surface area contributed by atoms with Crippen molar-refractivity contribution in [1.82, 2.24) is 4.98 Å². The molecule has 20 heavy (non-hydrogen) atoms. The molecule has 3 nitrogen and oxygen atoms in total. The van der Waals surface area contributed by atoms with Gasteiger partial charge in [-0.3, -0.25) is 4.98 Å². The van der Waals surface area contributed by atoms with E-state index in [1.165, 1.54) is 32.1 Å². The SMILES string of the molecule is N#CC(c1ccc(N)cn1)C1C2CC3CC(C2)CC1C3. The number of anilines is 1. The Hall–Kier alpha value is -1.56. The Morgan fingerprint density at radius 1 is 1.10 bits per heavy atom. The number of nitrogens with zero attached hydrogens (tertiary/aromatic N) is 2. The first-order valence-corrected chi connectivity index (χ1v) is 7.85. The molecule has 1 aromatic heterocycles. The number of rotatable bonds is 2. The zero-order valence-corrected chi connectivity index (χ0v) is 11.7. The highest BCUT2D eigenvalue weighted by molar-refractivity contribution is 5.36. The van der Waals surface area contributed by atoms with Crippen LogP contribution in [0.4, 0.5) is 5.69 Å². The van der Waals surface area contributed by atoms with E-state index in [4.69, 9.17) is 5.73 Å². The van der Waals surface area contributed by atoms with Crippen LogP contribution >= 0.6 is 0 Å². The molecule has 0 radical (unpaired) electrons. The van der Waals surface area contributed by atoms with E-state index in [1.54, 1.807) is 6.20 Å². The van der Waals surface area contributed by atoms with Crippen molar-refractivity contribution in [2.24, 2.45) is 29.6 Å². The highest BCUT2D eigenvalue weighted by Gasteiger charge is 2.51. The van der Waals surface area contributed by atoms with Crippen molar-refractivity contribution in [2.75, 3.05) is 5.73 Å². The van der Waals surface area contributed by atoms with E-state index in [9.17, 15) is 5.26 Å². The molecule has 4 saturated carbocycles. The normalized spacial score (nSPS) is 39.5. The summed E-state index contributed by atoms with van der Waals surface area (Å²) < 4.78 is 0. The van der Waals surface area contributed by atoms with E-state index < -0.39 is 0 Å². The maximum atomic E-state index is 9.71. The Bertz CT molecular complexity index is 514. The lowest BCUT2D eigenvalue weighted by atomic mass is 9.49. The lowest BCUT2D eigenvalue weighted by Gasteiger charge is -2.55. The van der Waals surface area contributed by atoms with Crippen molar-refractivity contribution in [3.63, 3.8) is 0 Å². The standard InChI is InChI=1S/C17H21N3/c18-8-15(16-2-1-14(19)9-20-16)17-12-4-10-3-11(6-12)7-13(17)5-10/h1-2,9-13,15,17H,3-7,19H2. The smallest absolute Gasteiger partial charge is 0.0918 e. The molecule has 2 N–H and O–H groups in total. The van der Waals surface area contributed by atoms with Crippen molar-refractivity contribution in [3.8, 4) is 6.07 Å². The summed E-state index contributed by atoms with van der Waals surface area (Å²) in [6, 6.07) is 6.39. The Morgan fingerprint density at radius 3 is 2.25 bits per heavy atom. The van der Waals surface area contributed by atoms with Gasteiger partial charge in [0, 0.05) is 0 Å². The molecule has 1 aromatic rings. The van der Waals surface area contributed by atoms with Crippen LogP contribution in [0.25, 0.3) is 0 Å². The lowest BCUT2D eigenvalue weighted by Crippen LogP contribution is -2.47. The summed E-state index contributed by atoms with van der Waals surface area (Å²) in [6.07, 6.45) is 8.55.